The van der Waals surface area contributed by atoms with Gasteiger partial charge >= 0.3 is 5.97 Å². The van der Waals surface area contributed by atoms with Crippen LogP contribution < -0.4 is 0 Å². The summed E-state index contributed by atoms with van der Waals surface area (Å²) < 4.78 is 37.1. The summed E-state index contributed by atoms with van der Waals surface area (Å²) in [4.78, 5) is 16.0. The number of ether oxygens (including phenoxy) is 6. The molecule has 3 aliphatic rings. The summed E-state index contributed by atoms with van der Waals surface area (Å²) in [5, 5.41) is 72.1. The number of likely N-dealkylation sites (N-methyl/N-ethyl adjacent to an activating group) is 1. The molecule has 3 aliphatic heterocycles. The molecule has 18 atom stereocenters. The van der Waals surface area contributed by atoms with Gasteiger partial charge in [0.1, 0.15) is 23.4 Å². The number of rotatable bonds is 7. The lowest BCUT2D eigenvalue weighted by Crippen LogP contribution is -2.61. The summed E-state index contributed by atoms with van der Waals surface area (Å²) in [6.45, 7) is 16.6. The Balaban J connectivity index is 2.20. The highest BCUT2D eigenvalue weighted by Crippen LogP contribution is 2.41. The smallest absolute Gasteiger partial charge is 0.311 e. The fraction of sp³-hybridized carbons (Fsp3) is 0.946. The van der Waals surface area contributed by atoms with Crippen LogP contribution in [-0.4, -0.2) is 153 Å². The third kappa shape index (κ3) is 9.30. The Bertz CT molecular complexity index is 1200. The molecule has 6 N–H and O–H groups in total. The molecule has 0 amide bonds. The molecule has 15 nitrogen and oxygen atoms in total. The fourth-order valence-corrected chi connectivity index (χ4v) is 8.53. The predicted molar refractivity (Wildman–Crippen MR) is 190 cm³/mol. The molecule has 3 rings (SSSR count). The number of hydrogen-bond donors (Lipinski definition) is 6. The van der Waals surface area contributed by atoms with Crippen LogP contribution in [0, 0.1) is 29.6 Å². The van der Waals surface area contributed by atoms with Gasteiger partial charge in [-0.25, -0.2) is 0 Å². The van der Waals surface area contributed by atoms with Crippen molar-refractivity contribution in [2.45, 2.75) is 167 Å². The molecule has 3 fully saturated rings. The Morgan fingerprint density at radius 2 is 1.54 bits per heavy atom. The molecule has 0 aromatic rings. The molecule has 0 aromatic carbocycles. The molecule has 9 unspecified atom stereocenters. The molecule has 0 aliphatic carbocycles. The lowest BCUT2D eigenvalue weighted by molar-refractivity contribution is -0.319. The number of hydrogen-bond acceptors (Lipinski definition) is 15. The number of esters is 1. The maximum absolute atomic E-state index is 14.1. The van der Waals surface area contributed by atoms with E-state index < -0.39 is 102 Å². The van der Waals surface area contributed by atoms with Crippen molar-refractivity contribution in [1.82, 2.24) is 4.90 Å². The van der Waals surface area contributed by atoms with Crippen LogP contribution in [0.4, 0.5) is 0 Å². The zero-order valence-corrected chi connectivity index (χ0v) is 33.4. The summed E-state index contributed by atoms with van der Waals surface area (Å²) in [6.07, 6.45) is -9.02. The van der Waals surface area contributed by atoms with Crippen LogP contribution in [0.25, 0.3) is 0 Å². The van der Waals surface area contributed by atoms with Gasteiger partial charge in [0.15, 0.2) is 12.6 Å². The van der Waals surface area contributed by atoms with E-state index >= 15 is 0 Å². The SMILES string of the molecule is CCC1OC(=O)[C@H](C)C(OC2OC[C@@](C)(OC)[C@@H](O)[C@@H]2C)C(C)C(OC2O[C@H](C)C[C@H](N(C)C)[C@H]2O)[C@](C)(O)C[C@H](C)/C(=N/O)C(C)C(O)C1(C)O. The maximum atomic E-state index is 14.1. The van der Waals surface area contributed by atoms with E-state index in [0.29, 0.717) is 6.42 Å². The average Bonchev–Trinajstić information content (AvgIpc) is 3.07. The highest BCUT2D eigenvalue weighted by molar-refractivity contribution is 5.88. The fourth-order valence-electron chi connectivity index (χ4n) is 8.53. The van der Waals surface area contributed by atoms with E-state index in [-0.39, 0.29) is 37.3 Å². The van der Waals surface area contributed by atoms with Crippen molar-refractivity contribution in [2.75, 3.05) is 27.8 Å². The molecule has 304 valence electrons. The van der Waals surface area contributed by atoms with E-state index in [2.05, 4.69) is 5.16 Å². The van der Waals surface area contributed by atoms with Gasteiger partial charge in [0.2, 0.25) is 0 Å². The summed E-state index contributed by atoms with van der Waals surface area (Å²) in [6, 6.07) is -0.324. The van der Waals surface area contributed by atoms with E-state index in [0.717, 1.165) is 0 Å². The van der Waals surface area contributed by atoms with Crippen molar-refractivity contribution in [3.05, 3.63) is 0 Å². The molecule has 0 spiro atoms. The number of cyclic esters (lactones) is 1. The topological polar surface area (TPSA) is 209 Å². The molecule has 0 saturated carbocycles. The van der Waals surface area contributed by atoms with Gasteiger partial charge in [-0.15, -0.1) is 0 Å². The van der Waals surface area contributed by atoms with Gasteiger partial charge in [-0.3, -0.25) is 4.79 Å². The standard InChI is InChI=1S/C37H68N2O13/c1-14-25-37(10,45)30(42)20(4)26(38-46)18(2)16-35(8,44)31(52-34-27(40)24(39(11)12)15-19(3)49-34)21(5)28(22(6)32(43)50-25)51-33-23(7)29(41)36(9,47-13)17-48-33/h18-25,27-31,33-34,40-42,44-46H,14-17H2,1-13H3/b38-26-/t18-,19+,20?,21?,22+,23-,24-,25?,27+,28?,29-,30?,31?,33?,34?,35+,36+,37?/m0/s1. The van der Waals surface area contributed by atoms with E-state index in [1.165, 1.54) is 14.0 Å². The first-order valence-corrected chi connectivity index (χ1v) is 18.7. The Morgan fingerprint density at radius 3 is 2.08 bits per heavy atom. The zero-order chi connectivity index (χ0) is 39.7. The molecule has 15 heteroatoms. The second-order valence-electron chi connectivity index (χ2n) is 16.7. The third-order valence-electron chi connectivity index (χ3n) is 12.0. The van der Waals surface area contributed by atoms with Gasteiger partial charge in [-0.2, -0.15) is 0 Å². The van der Waals surface area contributed by atoms with Crippen LogP contribution in [0.3, 0.4) is 0 Å². The van der Waals surface area contributed by atoms with Crippen molar-refractivity contribution >= 4 is 11.7 Å². The van der Waals surface area contributed by atoms with Crippen molar-refractivity contribution in [1.29, 1.82) is 0 Å². The number of carbonyl (C=O) groups excluding carboxylic acids is 1. The molecule has 0 bridgehead atoms. The highest BCUT2D eigenvalue weighted by atomic mass is 16.7. The molecule has 3 saturated heterocycles. The first-order valence-electron chi connectivity index (χ1n) is 18.7. The van der Waals surface area contributed by atoms with Crippen molar-refractivity contribution in [3.8, 4) is 0 Å². The van der Waals surface area contributed by atoms with E-state index in [1.807, 2.05) is 25.9 Å². The number of carbonyl (C=O) groups is 1. The van der Waals surface area contributed by atoms with Crippen molar-refractivity contribution < 1.29 is 64.0 Å². The first kappa shape index (κ1) is 44.9. The van der Waals surface area contributed by atoms with Crippen LogP contribution >= 0.6 is 0 Å². The summed E-state index contributed by atoms with van der Waals surface area (Å²) in [5.74, 6) is -4.90. The minimum absolute atomic E-state index is 0.0131. The normalized spacial score (nSPS) is 49.8. The van der Waals surface area contributed by atoms with Crippen LogP contribution in [-0.2, 0) is 33.2 Å². The van der Waals surface area contributed by atoms with Crippen LogP contribution in [0.1, 0.15) is 88.5 Å². The second-order valence-corrected chi connectivity index (χ2v) is 16.7. The molecular formula is C37H68N2O13. The molecule has 3 heterocycles. The quantitative estimate of drug-likeness (QED) is 0.125. The molecular weight excluding hydrogens is 680 g/mol. The molecule has 0 radical (unpaired) electrons. The van der Waals surface area contributed by atoms with Crippen molar-refractivity contribution in [2.24, 2.45) is 34.7 Å². The number of aliphatic hydroxyl groups is 5. The van der Waals surface area contributed by atoms with Gasteiger partial charge in [0.25, 0.3) is 0 Å². The second kappa shape index (κ2) is 17.5. The minimum Gasteiger partial charge on any atom is -0.459 e. The maximum Gasteiger partial charge on any atom is 0.311 e. The number of methoxy groups -OCH3 is 1. The van der Waals surface area contributed by atoms with E-state index in [9.17, 15) is 35.5 Å². The number of oxime groups is 1. The highest BCUT2D eigenvalue weighted by Gasteiger charge is 2.53. The number of nitrogens with zero attached hydrogens (tertiary/aromatic N) is 2. The molecule has 0 aromatic heterocycles. The Kier molecular flexibility index (Phi) is 15.1. The van der Waals surface area contributed by atoms with Gasteiger partial charge < -0.3 is 64.1 Å². The Labute approximate surface area is 309 Å². The van der Waals surface area contributed by atoms with Crippen molar-refractivity contribution in [3.63, 3.8) is 0 Å². The van der Waals surface area contributed by atoms with E-state index in [1.54, 1.807) is 55.4 Å². The molecule has 52 heavy (non-hydrogen) atoms. The van der Waals surface area contributed by atoms with Gasteiger partial charge in [0, 0.05) is 36.8 Å². The van der Waals surface area contributed by atoms with Crippen LogP contribution in [0.15, 0.2) is 5.16 Å². The van der Waals surface area contributed by atoms with Gasteiger partial charge in [-0.05, 0) is 68.0 Å². The average molecular weight is 749 g/mol. The van der Waals surface area contributed by atoms with Crippen LogP contribution in [0.2, 0.25) is 0 Å². The first-order chi connectivity index (χ1) is 24.0. The minimum atomic E-state index is -1.97. The lowest BCUT2D eigenvalue weighted by Gasteiger charge is -2.49. The number of aliphatic hydroxyl groups excluding tert-OH is 3. The van der Waals surface area contributed by atoms with Gasteiger partial charge in [-0.1, -0.05) is 39.8 Å². The summed E-state index contributed by atoms with van der Waals surface area (Å²) in [5.41, 5.74) is -4.65. The Morgan fingerprint density at radius 1 is 0.923 bits per heavy atom. The zero-order valence-electron chi connectivity index (χ0n) is 33.4. The van der Waals surface area contributed by atoms with E-state index in [4.69, 9.17) is 28.4 Å². The predicted octanol–water partition coefficient (Wildman–Crippen LogP) is 1.90. The third-order valence-corrected chi connectivity index (χ3v) is 12.0. The summed E-state index contributed by atoms with van der Waals surface area (Å²) >= 11 is 0. The largest absolute Gasteiger partial charge is 0.459 e. The summed E-state index contributed by atoms with van der Waals surface area (Å²) in [7, 11) is 5.18. The monoisotopic (exact) mass is 748 g/mol. The van der Waals surface area contributed by atoms with Gasteiger partial charge in [0.05, 0.1) is 54.4 Å². The Hall–Kier alpha value is -1.50. The lowest BCUT2D eigenvalue weighted by atomic mass is 9.73. The van der Waals surface area contributed by atoms with Crippen LogP contribution in [0.5, 0.6) is 0 Å².